The second kappa shape index (κ2) is 8.18. The highest BCUT2D eigenvalue weighted by Gasteiger charge is 2.42. The van der Waals surface area contributed by atoms with Crippen molar-refractivity contribution in [1.29, 1.82) is 0 Å². The van der Waals surface area contributed by atoms with E-state index in [1.165, 1.54) is 24.3 Å². The monoisotopic (exact) mass is 384 g/mol. The fourth-order valence-electron chi connectivity index (χ4n) is 2.55. The maximum absolute atomic E-state index is 14.6. The third-order valence-electron chi connectivity index (χ3n) is 3.81. The Balaban J connectivity index is 2.27. The first-order chi connectivity index (χ1) is 12.5. The summed E-state index contributed by atoms with van der Waals surface area (Å²) in [5.41, 5.74) is -1.40. The number of methoxy groups -OCH3 is 1. The molecule has 8 nitrogen and oxygen atoms in total. The van der Waals surface area contributed by atoms with Crippen LogP contribution in [0.3, 0.4) is 0 Å². The summed E-state index contributed by atoms with van der Waals surface area (Å²) in [6.07, 6.45) is 0.689. The Bertz CT molecular complexity index is 700. The Labute approximate surface area is 157 Å². The Hall–Kier alpha value is -2.26. The molecular weight excluding hydrogens is 359 g/mol. The Kier molecular flexibility index (Phi) is 6.38. The average molecular weight is 384 g/mol. The highest BCUT2D eigenvalue weighted by molar-refractivity contribution is 5.85. The van der Waals surface area contributed by atoms with Gasteiger partial charge in [0.05, 0.1) is 32.9 Å². The van der Waals surface area contributed by atoms with Crippen molar-refractivity contribution in [2.45, 2.75) is 45.2 Å². The van der Waals surface area contributed by atoms with E-state index in [0.717, 1.165) is 0 Å². The van der Waals surface area contributed by atoms with Gasteiger partial charge in [0.15, 0.2) is 5.67 Å². The van der Waals surface area contributed by atoms with E-state index in [1.54, 1.807) is 20.8 Å². The van der Waals surface area contributed by atoms with Crippen LogP contribution in [0.1, 0.15) is 42.4 Å². The molecule has 1 aromatic rings. The van der Waals surface area contributed by atoms with Crippen molar-refractivity contribution in [1.82, 2.24) is 9.88 Å². The molecule has 0 aromatic carbocycles. The van der Waals surface area contributed by atoms with Crippen LogP contribution in [-0.4, -0.2) is 65.2 Å². The van der Waals surface area contributed by atoms with Crippen LogP contribution >= 0.6 is 0 Å². The minimum atomic E-state index is -1.63. The molecule has 1 amide bonds. The molecule has 1 fully saturated rings. The fraction of sp³-hybridized carbons (Fsp3) is 0.611. The second-order valence-electron chi connectivity index (χ2n) is 7.56. The normalized spacial score (nSPS) is 15.7. The molecule has 0 unspecified atom stereocenters. The molecule has 0 atom stereocenters. The number of carboxylic acids is 1. The third kappa shape index (κ3) is 5.86. The Morgan fingerprint density at radius 1 is 1.37 bits per heavy atom. The standard InChI is InChI=1S/C18H25FN2O6/c1-17(2,3)27-16(24)21(9-18(19)10-26-11-18)7-13-6-20-14(15(22)23)5-12(13)8-25-4/h5-6H,7-11H2,1-4H3,(H,22,23). The van der Waals surface area contributed by atoms with Crippen LogP contribution < -0.4 is 0 Å². The van der Waals surface area contributed by atoms with Crippen LogP contribution in [0.25, 0.3) is 0 Å². The summed E-state index contributed by atoms with van der Waals surface area (Å²) in [6, 6.07) is 1.38. The Morgan fingerprint density at radius 3 is 2.52 bits per heavy atom. The summed E-state index contributed by atoms with van der Waals surface area (Å²) in [7, 11) is 1.47. The van der Waals surface area contributed by atoms with E-state index < -0.39 is 23.3 Å². The third-order valence-corrected chi connectivity index (χ3v) is 3.81. The lowest BCUT2D eigenvalue weighted by Crippen LogP contribution is -2.55. The first kappa shape index (κ1) is 21.0. The van der Waals surface area contributed by atoms with Crippen LogP contribution in [-0.2, 0) is 27.4 Å². The van der Waals surface area contributed by atoms with Gasteiger partial charge in [0.2, 0.25) is 0 Å². The van der Waals surface area contributed by atoms with Crippen molar-refractivity contribution < 1.29 is 33.3 Å². The molecule has 2 rings (SSSR count). The van der Waals surface area contributed by atoms with Gasteiger partial charge in [-0.2, -0.15) is 0 Å². The van der Waals surface area contributed by atoms with Crippen LogP contribution in [0, 0.1) is 0 Å². The Morgan fingerprint density at radius 2 is 2.04 bits per heavy atom. The van der Waals surface area contributed by atoms with E-state index in [9.17, 15) is 14.0 Å². The maximum Gasteiger partial charge on any atom is 0.410 e. The summed E-state index contributed by atoms with van der Waals surface area (Å²) in [5.74, 6) is -1.17. The summed E-state index contributed by atoms with van der Waals surface area (Å²) in [5, 5.41) is 9.11. The van der Waals surface area contributed by atoms with Gasteiger partial charge in [0, 0.05) is 13.3 Å². The van der Waals surface area contributed by atoms with Gasteiger partial charge in [-0.15, -0.1) is 0 Å². The quantitative estimate of drug-likeness (QED) is 0.771. The zero-order valence-corrected chi connectivity index (χ0v) is 16.0. The summed E-state index contributed by atoms with van der Waals surface area (Å²) < 4.78 is 30.0. The number of amides is 1. The van der Waals surface area contributed by atoms with Gasteiger partial charge >= 0.3 is 12.1 Å². The number of hydrogen-bond acceptors (Lipinski definition) is 6. The van der Waals surface area contributed by atoms with Crippen molar-refractivity contribution in [2.75, 3.05) is 26.9 Å². The van der Waals surface area contributed by atoms with E-state index in [4.69, 9.17) is 19.3 Å². The van der Waals surface area contributed by atoms with Gasteiger partial charge in [0.1, 0.15) is 11.3 Å². The topological polar surface area (TPSA) is 98.2 Å². The van der Waals surface area contributed by atoms with Crippen molar-refractivity contribution in [2.24, 2.45) is 0 Å². The summed E-state index contributed by atoms with van der Waals surface area (Å²) in [4.78, 5) is 28.8. The number of aromatic carboxylic acids is 1. The lowest BCUT2D eigenvalue weighted by atomic mass is 10.0. The number of nitrogens with zero attached hydrogens (tertiary/aromatic N) is 2. The van der Waals surface area contributed by atoms with Gasteiger partial charge < -0.3 is 24.2 Å². The molecule has 1 aliphatic heterocycles. The molecule has 2 heterocycles. The molecule has 0 aliphatic carbocycles. The van der Waals surface area contributed by atoms with E-state index in [1.807, 2.05) is 0 Å². The first-order valence-corrected chi connectivity index (χ1v) is 8.48. The van der Waals surface area contributed by atoms with E-state index >= 15 is 0 Å². The molecule has 9 heteroatoms. The predicted octanol–water partition coefficient (Wildman–Crippen LogP) is 2.40. The number of carboxylic acid groups (broad SMARTS) is 1. The number of carbonyl (C=O) groups is 2. The number of alkyl halides is 1. The molecule has 0 bridgehead atoms. The maximum atomic E-state index is 14.6. The van der Waals surface area contributed by atoms with Crippen LogP contribution in [0.2, 0.25) is 0 Å². The van der Waals surface area contributed by atoms with Gasteiger partial charge in [-0.3, -0.25) is 0 Å². The first-order valence-electron chi connectivity index (χ1n) is 8.48. The number of aromatic nitrogens is 1. The molecule has 150 valence electrons. The molecule has 0 spiro atoms. The molecule has 1 N–H and O–H groups in total. The number of halogens is 1. The van der Waals surface area contributed by atoms with E-state index in [-0.39, 0.29) is 38.6 Å². The van der Waals surface area contributed by atoms with Gasteiger partial charge in [-0.1, -0.05) is 0 Å². The molecular formula is C18H25FN2O6. The minimum absolute atomic E-state index is 0.00613. The SMILES string of the molecule is COCc1cc(C(=O)O)ncc1CN(CC1(F)COC1)C(=O)OC(C)(C)C. The number of hydrogen-bond donors (Lipinski definition) is 1. The van der Waals surface area contributed by atoms with E-state index in [0.29, 0.717) is 11.1 Å². The van der Waals surface area contributed by atoms with Crippen molar-refractivity contribution >= 4 is 12.1 Å². The van der Waals surface area contributed by atoms with Crippen LogP contribution in [0.5, 0.6) is 0 Å². The lowest BCUT2D eigenvalue weighted by molar-refractivity contribution is -0.140. The van der Waals surface area contributed by atoms with Crippen molar-refractivity contribution in [3.05, 3.63) is 29.1 Å². The molecule has 1 aromatic heterocycles. The molecule has 0 radical (unpaired) electrons. The minimum Gasteiger partial charge on any atom is -0.477 e. The summed E-state index contributed by atoms with van der Waals surface area (Å²) in [6.45, 7) is 4.92. The van der Waals surface area contributed by atoms with Crippen LogP contribution in [0.4, 0.5) is 9.18 Å². The largest absolute Gasteiger partial charge is 0.477 e. The molecule has 27 heavy (non-hydrogen) atoms. The number of ether oxygens (including phenoxy) is 3. The molecule has 1 saturated heterocycles. The number of carbonyl (C=O) groups excluding carboxylic acids is 1. The van der Waals surface area contributed by atoms with Gasteiger partial charge in [-0.05, 0) is 38.0 Å². The predicted molar refractivity (Wildman–Crippen MR) is 93.2 cm³/mol. The van der Waals surface area contributed by atoms with E-state index in [2.05, 4.69) is 4.98 Å². The van der Waals surface area contributed by atoms with Crippen molar-refractivity contribution in [3.63, 3.8) is 0 Å². The van der Waals surface area contributed by atoms with Gasteiger partial charge in [0.25, 0.3) is 0 Å². The molecule has 0 saturated carbocycles. The average Bonchev–Trinajstić information content (AvgIpc) is 2.52. The summed E-state index contributed by atoms with van der Waals surface area (Å²) >= 11 is 0. The highest BCUT2D eigenvalue weighted by atomic mass is 19.1. The van der Waals surface area contributed by atoms with Crippen LogP contribution in [0.15, 0.2) is 12.3 Å². The number of pyridine rings is 1. The number of rotatable bonds is 7. The smallest absolute Gasteiger partial charge is 0.410 e. The second-order valence-corrected chi connectivity index (χ2v) is 7.56. The highest BCUT2D eigenvalue weighted by Crippen LogP contribution is 2.26. The lowest BCUT2D eigenvalue weighted by Gasteiger charge is -2.38. The fourth-order valence-corrected chi connectivity index (χ4v) is 2.55. The van der Waals surface area contributed by atoms with Gasteiger partial charge in [-0.25, -0.2) is 19.0 Å². The zero-order chi connectivity index (χ0) is 20.2. The molecule has 1 aliphatic rings. The van der Waals surface area contributed by atoms with Crippen molar-refractivity contribution in [3.8, 4) is 0 Å². The zero-order valence-electron chi connectivity index (χ0n) is 16.0.